The Labute approximate surface area is 167 Å². The molecule has 0 aliphatic heterocycles. The van der Waals surface area contributed by atoms with Crippen LogP contribution in [0.4, 0.5) is 0 Å². The van der Waals surface area contributed by atoms with Crippen LogP contribution in [0.3, 0.4) is 0 Å². The standard InChI is InChI=1S/C23H22N2O4/c1-14-11-22(26)29-21-12-17(7-8-18(14)21)28-15(2)23(27)24-10-9-16-13-25-20-6-4-3-5-19(16)20/h3-8,11-13,15,25H,9-10H2,1-2H3,(H,24,27)/t15-/m0/s1. The van der Waals surface area contributed by atoms with Crippen LogP contribution in [-0.2, 0) is 11.2 Å². The number of hydrogen-bond acceptors (Lipinski definition) is 4. The summed E-state index contributed by atoms with van der Waals surface area (Å²) in [7, 11) is 0. The first-order valence-corrected chi connectivity index (χ1v) is 9.55. The third-order valence-corrected chi connectivity index (χ3v) is 4.97. The van der Waals surface area contributed by atoms with Crippen molar-refractivity contribution >= 4 is 27.8 Å². The summed E-state index contributed by atoms with van der Waals surface area (Å²) in [4.78, 5) is 27.2. The van der Waals surface area contributed by atoms with Crippen LogP contribution in [-0.4, -0.2) is 23.5 Å². The van der Waals surface area contributed by atoms with Gasteiger partial charge in [-0.05, 0) is 49.6 Å². The lowest BCUT2D eigenvalue weighted by Gasteiger charge is -2.15. The second kappa shape index (κ2) is 7.83. The molecular formula is C23H22N2O4. The number of amides is 1. The highest BCUT2D eigenvalue weighted by molar-refractivity contribution is 5.84. The van der Waals surface area contributed by atoms with E-state index in [4.69, 9.17) is 9.15 Å². The van der Waals surface area contributed by atoms with E-state index in [-0.39, 0.29) is 5.91 Å². The molecule has 0 fully saturated rings. The van der Waals surface area contributed by atoms with Crippen molar-refractivity contribution in [3.8, 4) is 5.75 Å². The van der Waals surface area contributed by atoms with Gasteiger partial charge in [0.1, 0.15) is 11.3 Å². The second-order valence-corrected chi connectivity index (χ2v) is 7.07. The van der Waals surface area contributed by atoms with Crippen molar-refractivity contribution in [1.29, 1.82) is 0 Å². The van der Waals surface area contributed by atoms with Crippen LogP contribution in [0.15, 0.2) is 63.9 Å². The zero-order valence-electron chi connectivity index (χ0n) is 16.3. The number of carbonyl (C=O) groups is 1. The number of para-hydroxylation sites is 1. The van der Waals surface area contributed by atoms with Crippen LogP contribution < -0.4 is 15.7 Å². The summed E-state index contributed by atoms with van der Waals surface area (Å²) in [6.45, 7) is 4.06. The third-order valence-electron chi connectivity index (χ3n) is 4.97. The Kier molecular flexibility index (Phi) is 5.08. The van der Waals surface area contributed by atoms with Gasteiger partial charge < -0.3 is 19.5 Å². The van der Waals surface area contributed by atoms with Crippen molar-refractivity contribution in [2.45, 2.75) is 26.4 Å². The highest BCUT2D eigenvalue weighted by Crippen LogP contribution is 2.23. The third kappa shape index (κ3) is 4.01. The van der Waals surface area contributed by atoms with Gasteiger partial charge in [-0.1, -0.05) is 18.2 Å². The number of rotatable bonds is 6. The molecule has 6 heteroatoms. The topological polar surface area (TPSA) is 84.3 Å². The fourth-order valence-electron chi connectivity index (χ4n) is 3.44. The average molecular weight is 390 g/mol. The SMILES string of the molecule is Cc1cc(=O)oc2cc(O[C@@H](C)C(=O)NCCc3c[nH]c4ccccc34)ccc12. The number of hydrogen-bond donors (Lipinski definition) is 2. The Morgan fingerprint density at radius 2 is 2.00 bits per heavy atom. The van der Waals surface area contributed by atoms with Gasteiger partial charge in [-0.3, -0.25) is 4.79 Å². The van der Waals surface area contributed by atoms with Crippen molar-refractivity contribution in [3.05, 3.63) is 76.3 Å². The van der Waals surface area contributed by atoms with Crippen LogP contribution in [0.2, 0.25) is 0 Å². The molecule has 2 heterocycles. The zero-order valence-corrected chi connectivity index (χ0v) is 16.3. The number of ether oxygens (including phenoxy) is 1. The number of aryl methyl sites for hydroxylation is 1. The maximum Gasteiger partial charge on any atom is 0.336 e. The molecule has 29 heavy (non-hydrogen) atoms. The summed E-state index contributed by atoms with van der Waals surface area (Å²) in [6, 6.07) is 14.8. The number of carbonyl (C=O) groups excluding carboxylic acids is 1. The number of aromatic nitrogens is 1. The molecule has 4 aromatic rings. The van der Waals surface area contributed by atoms with Gasteiger partial charge >= 0.3 is 5.63 Å². The molecule has 4 rings (SSSR count). The minimum absolute atomic E-state index is 0.198. The zero-order chi connectivity index (χ0) is 20.4. The number of benzene rings is 2. The second-order valence-electron chi connectivity index (χ2n) is 7.07. The van der Waals surface area contributed by atoms with Crippen molar-refractivity contribution < 1.29 is 13.9 Å². The maximum atomic E-state index is 12.4. The Morgan fingerprint density at radius 3 is 2.86 bits per heavy atom. The Hall–Kier alpha value is -3.54. The Bertz CT molecular complexity index is 1240. The largest absolute Gasteiger partial charge is 0.481 e. The van der Waals surface area contributed by atoms with Crippen molar-refractivity contribution in [1.82, 2.24) is 10.3 Å². The first-order valence-electron chi connectivity index (χ1n) is 9.55. The number of H-pyrrole nitrogens is 1. The summed E-state index contributed by atoms with van der Waals surface area (Å²) in [6.07, 6.45) is 2.02. The van der Waals surface area contributed by atoms with Gasteiger partial charge in [0, 0.05) is 41.2 Å². The molecule has 2 aromatic carbocycles. The number of aromatic amines is 1. The molecule has 0 bridgehead atoms. The lowest BCUT2D eigenvalue weighted by molar-refractivity contribution is -0.127. The van der Waals surface area contributed by atoms with E-state index >= 15 is 0 Å². The van der Waals surface area contributed by atoms with Gasteiger partial charge in [-0.15, -0.1) is 0 Å². The summed E-state index contributed by atoms with van der Waals surface area (Å²) in [5.41, 5.74) is 3.12. The molecule has 148 valence electrons. The highest BCUT2D eigenvalue weighted by Gasteiger charge is 2.15. The van der Waals surface area contributed by atoms with Gasteiger partial charge in [0.2, 0.25) is 0 Å². The molecule has 0 aliphatic rings. The normalized spacial score (nSPS) is 12.2. The number of nitrogens with one attached hydrogen (secondary N) is 2. The lowest BCUT2D eigenvalue weighted by Crippen LogP contribution is -2.37. The molecular weight excluding hydrogens is 368 g/mol. The minimum Gasteiger partial charge on any atom is -0.481 e. The predicted molar refractivity (Wildman–Crippen MR) is 112 cm³/mol. The number of fused-ring (bicyclic) bond motifs is 2. The summed E-state index contributed by atoms with van der Waals surface area (Å²) in [5, 5.41) is 4.92. The molecule has 0 aliphatic carbocycles. The summed E-state index contributed by atoms with van der Waals surface area (Å²) in [5.74, 6) is 0.279. The van der Waals surface area contributed by atoms with Gasteiger partial charge in [0.15, 0.2) is 6.10 Å². The minimum atomic E-state index is -0.674. The first kappa shape index (κ1) is 18.8. The average Bonchev–Trinajstić information content (AvgIpc) is 3.10. The molecule has 0 saturated carbocycles. The molecule has 1 amide bonds. The van der Waals surface area contributed by atoms with Crippen molar-refractivity contribution in [2.75, 3.05) is 6.54 Å². The molecule has 6 nitrogen and oxygen atoms in total. The van der Waals surface area contributed by atoms with Crippen molar-refractivity contribution in [2.24, 2.45) is 0 Å². The Morgan fingerprint density at radius 1 is 1.17 bits per heavy atom. The van der Waals surface area contributed by atoms with E-state index in [0.29, 0.717) is 17.9 Å². The van der Waals surface area contributed by atoms with E-state index < -0.39 is 11.7 Å². The maximum absolute atomic E-state index is 12.4. The quantitative estimate of drug-likeness (QED) is 0.492. The fraction of sp³-hybridized carbons (Fsp3) is 0.217. The van der Waals surface area contributed by atoms with E-state index in [1.54, 1.807) is 19.1 Å². The van der Waals surface area contributed by atoms with Crippen LogP contribution in [0.5, 0.6) is 5.75 Å². The molecule has 2 aromatic heterocycles. The van der Waals surface area contributed by atoms with Gasteiger partial charge in [0.05, 0.1) is 0 Å². The fourth-order valence-corrected chi connectivity index (χ4v) is 3.44. The molecule has 1 atom stereocenters. The van der Waals surface area contributed by atoms with E-state index in [9.17, 15) is 9.59 Å². The van der Waals surface area contributed by atoms with E-state index in [1.807, 2.05) is 37.4 Å². The molecule has 0 radical (unpaired) electrons. The van der Waals surface area contributed by atoms with Gasteiger partial charge in [0.25, 0.3) is 5.91 Å². The van der Waals surface area contributed by atoms with E-state index in [2.05, 4.69) is 16.4 Å². The summed E-state index contributed by atoms with van der Waals surface area (Å²) < 4.78 is 11.0. The van der Waals surface area contributed by atoms with E-state index in [1.165, 1.54) is 11.5 Å². The van der Waals surface area contributed by atoms with Crippen LogP contribution in [0.25, 0.3) is 21.9 Å². The van der Waals surface area contributed by atoms with Crippen molar-refractivity contribution in [3.63, 3.8) is 0 Å². The highest BCUT2D eigenvalue weighted by atomic mass is 16.5. The van der Waals surface area contributed by atoms with Crippen LogP contribution in [0, 0.1) is 6.92 Å². The lowest BCUT2D eigenvalue weighted by atomic mass is 10.1. The van der Waals surface area contributed by atoms with E-state index in [0.717, 1.165) is 28.5 Å². The first-order chi connectivity index (χ1) is 14.0. The molecule has 0 spiro atoms. The summed E-state index contributed by atoms with van der Waals surface area (Å²) >= 11 is 0. The monoisotopic (exact) mass is 390 g/mol. The Balaban J connectivity index is 1.37. The van der Waals surface area contributed by atoms with Crippen LogP contribution in [0.1, 0.15) is 18.1 Å². The van der Waals surface area contributed by atoms with Gasteiger partial charge in [-0.2, -0.15) is 0 Å². The molecule has 0 unspecified atom stereocenters. The molecule has 2 N–H and O–H groups in total. The van der Waals surface area contributed by atoms with Gasteiger partial charge in [-0.25, -0.2) is 4.79 Å². The molecule has 0 saturated heterocycles. The predicted octanol–water partition coefficient (Wildman–Crippen LogP) is 3.71. The smallest absolute Gasteiger partial charge is 0.336 e. The van der Waals surface area contributed by atoms with Crippen LogP contribution >= 0.6 is 0 Å².